The van der Waals surface area contributed by atoms with Crippen LogP contribution in [-0.4, -0.2) is 22.9 Å². The molecule has 27 heavy (non-hydrogen) atoms. The van der Waals surface area contributed by atoms with Crippen LogP contribution in [-0.2, 0) is 22.4 Å². The van der Waals surface area contributed by atoms with Gasteiger partial charge in [-0.15, -0.1) is 0 Å². The van der Waals surface area contributed by atoms with Gasteiger partial charge in [0.1, 0.15) is 0 Å². The number of amides is 2. The van der Waals surface area contributed by atoms with Gasteiger partial charge in [0.25, 0.3) is 5.91 Å². The summed E-state index contributed by atoms with van der Waals surface area (Å²) < 4.78 is 0. The average molecular weight is 366 g/mol. The van der Waals surface area contributed by atoms with Gasteiger partial charge in [0, 0.05) is 29.1 Å². The molecule has 0 bridgehead atoms. The van der Waals surface area contributed by atoms with E-state index in [0.29, 0.717) is 11.3 Å². The highest BCUT2D eigenvalue weighted by Crippen LogP contribution is 2.23. The quantitative estimate of drug-likeness (QED) is 0.652. The fourth-order valence-electron chi connectivity index (χ4n) is 2.62. The lowest BCUT2D eigenvalue weighted by Gasteiger charge is -2.14. The number of hydrogen-bond acceptors (Lipinski definition) is 3. The van der Waals surface area contributed by atoms with Crippen LogP contribution in [0.3, 0.4) is 0 Å². The zero-order valence-corrected chi connectivity index (χ0v) is 15.3. The Morgan fingerprint density at radius 2 is 1.48 bits per heavy atom. The number of anilines is 2. The number of aryl methyl sites for hydroxylation is 2. The second kappa shape index (κ2) is 9.33. The van der Waals surface area contributed by atoms with E-state index in [1.54, 1.807) is 24.3 Å². The van der Waals surface area contributed by atoms with E-state index in [1.807, 2.05) is 32.0 Å². The van der Waals surface area contributed by atoms with Gasteiger partial charge in [0.2, 0.25) is 5.91 Å². The number of nitrogens with one attached hydrogen (secondary N) is 2. The first-order valence-electron chi connectivity index (χ1n) is 8.68. The molecule has 2 aromatic carbocycles. The topological polar surface area (TPSA) is 95.5 Å². The van der Waals surface area contributed by atoms with Gasteiger partial charge in [-0.25, -0.2) is 4.79 Å². The SMILES string of the molecule is CCc1cccc(CC)c1NC(=O)c1ccc(NC(=O)C=CC(=O)O)cc1. The Balaban J connectivity index is 2.10. The van der Waals surface area contributed by atoms with E-state index in [9.17, 15) is 14.4 Å². The van der Waals surface area contributed by atoms with Crippen LogP contribution in [0.1, 0.15) is 35.3 Å². The summed E-state index contributed by atoms with van der Waals surface area (Å²) in [6, 6.07) is 12.4. The van der Waals surface area contributed by atoms with E-state index in [-0.39, 0.29) is 5.91 Å². The van der Waals surface area contributed by atoms with Crippen molar-refractivity contribution in [1.82, 2.24) is 0 Å². The maximum Gasteiger partial charge on any atom is 0.328 e. The number of rotatable bonds is 7. The lowest BCUT2D eigenvalue weighted by atomic mass is 10.0. The van der Waals surface area contributed by atoms with Crippen molar-refractivity contribution < 1.29 is 19.5 Å². The van der Waals surface area contributed by atoms with Gasteiger partial charge >= 0.3 is 5.97 Å². The molecule has 140 valence electrons. The first kappa shape index (κ1) is 19.9. The van der Waals surface area contributed by atoms with Gasteiger partial charge in [-0.05, 0) is 48.2 Å². The molecule has 2 rings (SSSR count). The average Bonchev–Trinajstić information content (AvgIpc) is 2.67. The zero-order chi connectivity index (χ0) is 19.8. The maximum absolute atomic E-state index is 12.6. The molecule has 0 aliphatic heterocycles. The van der Waals surface area contributed by atoms with Gasteiger partial charge in [0.15, 0.2) is 0 Å². The number of hydrogen-bond donors (Lipinski definition) is 3. The Morgan fingerprint density at radius 1 is 0.889 bits per heavy atom. The number of carbonyl (C=O) groups is 3. The summed E-state index contributed by atoms with van der Waals surface area (Å²) >= 11 is 0. The summed E-state index contributed by atoms with van der Waals surface area (Å²) in [5.41, 5.74) is 3.94. The lowest BCUT2D eigenvalue weighted by molar-refractivity contribution is -0.131. The van der Waals surface area contributed by atoms with Crippen molar-refractivity contribution in [2.24, 2.45) is 0 Å². The van der Waals surface area contributed by atoms with Gasteiger partial charge in [0.05, 0.1) is 0 Å². The van der Waals surface area contributed by atoms with Crippen molar-refractivity contribution in [2.75, 3.05) is 10.6 Å². The first-order chi connectivity index (χ1) is 12.9. The highest BCUT2D eigenvalue weighted by atomic mass is 16.4. The maximum atomic E-state index is 12.6. The summed E-state index contributed by atoms with van der Waals surface area (Å²) in [5, 5.41) is 14.0. The molecule has 0 aliphatic carbocycles. The smallest absolute Gasteiger partial charge is 0.328 e. The van der Waals surface area contributed by atoms with E-state index in [2.05, 4.69) is 10.6 Å². The van der Waals surface area contributed by atoms with Crippen LogP contribution in [0.4, 0.5) is 11.4 Å². The van der Waals surface area contributed by atoms with Crippen molar-refractivity contribution in [3.05, 3.63) is 71.3 Å². The Kier molecular flexibility index (Phi) is 6.88. The molecule has 0 fully saturated rings. The van der Waals surface area contributed by atoms with E-state index in [4.69, 9.17) is 5.11 Å². The van der Waals surface area contributed by atoms with E-state index < -0.39 is 11.9 Å². The monoisotopic (exact) mass is 366 g/mol. The van der Waals surface area contributed by atoms with Crippen molar-refractivity contribution >= 4 is 29.2 Å². The number of carbonyl (C=O) groups excluding carboxylic acids is 2. The minimum absolute atomic E-state index is 0.228. The second-order valence-corrected chi connectivity index (χ2v) is 5.85. The van der Waals surface area contributed by atoms with Crippen LogP contribution in [0.2, 0.25) is 0 Å². The zero-order valence-electron chi connectivity index (χ0n) is 15.3. The summed E-state index contributed by atoms with van der Waals surface area (Å²) in [4.78, 5) is 34.6. The molecule has 3 N–H and O–H groups in total. The van der Waals surface area contributed by atoms with Crippen LogP contribution in [0.5, 0.6) is 0 Å². The molecule has 2 amide bonds. The van der Waals surface area contributed by atoms with Gasteiger partial charge in [-0.1, -0.05) is 32.0 Å². The second-order valence-electron chi connectivity index (χ2n) is 5.85. The predicted octanol–water partition coefficient (Wildman–Crippen LogP) is 3.64. The lowest BCUT2D eigenvalue weighted by Crippen LogP contribution is -2.15. The van der Waals surface area contributed by atoms with Crippen LogP contribution in [0.15, 0.2) is 54.6 Å². The summed E-state index contributed by atoms with van der Waals surface area (Å²) in [5.74, 6) is -1.98. The van der Waals surface area contributed by atoms with E-state index in [1.165, 1.54) is 0 Å². The fraction of sp³-hybridized carbons (Fsp3) is 0.190. The summed E-state index contributed by atoms with van der Waals surface area (Å²) in [6.07, 6.45) is 3.32. The molecular formula is C21H22N2O4. The molecule has 2 aromatic rings. The molecule has 0 spiro atoms. The number of para-hydroxylation sites is 1. The van der Waals surface area contributed by atoms with Crippen molar-refractivity contribution in [1.29, 1.82) is 0 Å². The van der Waals surface area contributed by atoms with E-state index in [0.717, 1.165) is 41.8 Å². The molecular weight excluding hydrogens is 344 g/mol. The van der Waals surface area contributed by atoms with Gasteiger partial charge in [-0.2, -0.15) is 0 Å². The predicted molar refractivity (Wildman–Crippen MR) is 105 cm³/mol. The molecule has 0 aromatic heterocycles. The van der Waals surface area contributed by atoms with Crippen LogP contribution in [0.25, 0.3) is 0 Å². The number of aliphatic carboxylic acids is 1. The number of carboxylic acid groups (broad SMARTS) is 1. The molecule has 0 saturated heterocycles. The van der Waals surface area contributed by atoms with Gasteiger partial charge in [-0.3, -0.25) is 9.59 Å². The molecule has 0 saturated carbocycles. The Morgan fingerprint density at radius 3 is 2.00 bits per heavy atom. The fourth-order valence-corrected chi connectivity index (χ4v) is 2.62. The summed E-state index contributed by atoms with van der Waals surface area (Å²) in [7, 11) is 0. The van der Waals surface area contributed by atoms with Gasteiger partial charge < -0.3 is 15.7 Å². The van der Waals surface area contributed by atoms with Crippen LogP contribution < -0.4 is 10.6 Å². The molecule has 0 unspecified atom stereocenters. The minimum Gasteiger partial charge on any atom is -0.478 e. The number of benzene rings is 2. The van der Waals surface area contributed by atoms with Crippen molar-refractivity contribution in [3.63, 3.8) is 0 Å². The normalized spacial score (nSPS) is 10.6. The Hall–Kier alpha value is -3.41. The van der Waals surface area contributed by atoms with Crippen molar-refractivity contribution in [2.45, 2.75) is 26.7 Å². The molecule has 6 nitrogen and oxygen atoms in total. The largest absolute Gasteiger partial charge is 0.478 e. The highest BCUT2D eigenvalue weighted by molar-refractivity contribution is 6.06. The molecule has 0 aliphatic rings. The van der Waals surface area contributed by atoms with Crippen LogP contribution >= 0.6 is 0 Å². The van der Waals surface area contributed by atoms with Crippen molar-refractivity contribution in [3.8, 4) is 0 Å². The number of carboxylic acids is 1. The Labute approximate surface area is 157 Å². The standard InChI is InChI=1S/C21H22N2O4/c1-3-14-6-5-7-15(4-2)20(14)23-21(27)16-8-10-17(11-9-16)22-18(24)12-13-19(25)26/h5-13H,3-4H2,1-2H3,(H,22,24)(H,23,27)(H,25,26). The Bertz CT molecular complexity index is 848. The minimum atomic E-state index is -1.20. The van der Waals surface area contributed by atoms with E-state index >= 15 is 0 Å². The highest BCUT2D eigenvalue weighted by Gasteiger charge is 2.12. The third kappa shape index (κ3) is 5.54. The summed E-state index contributed by atoms with van der Waals surface area (Å²) in [6.45, 7) is 4.08. The molecule has 0 atom stereocenters. The molecule has 0 heterocycles. The first-order valence-corrected chi connectivity index (χ1v) is 8.68. The third-order valence-electron chi connectivity index (χ3n) is 4.03. The molecule has 0 radical (unpaired) electrons. The van der Waals surface area contributed by atoms with Crippen LogP contribution in [0, 0.1) is 0 Å². The third-order valence-corrected chi connectivity index (χ3v) is 4.03. The molecule has 6 heteroatoms.